The molecule has 1 aromatic rings. The summed E-state index contributed by atoms with van der Waals surface area (Å²) >= 11 is 3.33. The van der Waals surface area contributed by atoms with Gasteiger partial charge in [-0.05, 0) is 24.6 Å². The first kappa shape index (κ1) is 20.1. The minimum atomic E-state index is -0.699. The number of hydrogen-bond acceptors (Lipinski definition) is 5. The number of carbonyl (C=O) groups is 1. The first-order chi connectivity index (χ1) is 11.6. The summed E-state index contributed by atoms with van der Waals surface area (Å²) in [6, 6.07) is 5.28. The minimum absolute atomic E-state index is 0.0587. The van der Waals surface area contributed by atoms with Gasteiger partial charge in [-0.15, -0.1) is 6.42 Å². The Balaban J connectivity index is 3.10. The molecule has 1 aromatic carbocycles. The average Bonchev–Trinajstić information content (AvgIpc) is 2.60. The van der Waals surface area contributed by atoms with E-state index in [-0.39, 0.29) is 13.2 Å². The molecule has 0 saturated carbocycles. The zero-order valence-corrected chi connectivity index (χ0v) is 15.4. The van der Waals surface area contributed by atoms with Crippen molar-refractivity contribution in [1.82, 2.24) is 0 Å². The van der Waals surface area contributed by atoms with E-state index in [0.717, 1.165) is 0 Å². The lowest BCUT2D eigenvalue weighted by Crippen LogP contribution is -2.27. The van der Waals surface area contributed by atoms with E-state index in [1.807, 2.05) is 0 Å². The van der Waals surface area contributed by atoms with Crippen LogP contribution in [0.15, 0.2) is 30.9 Å². The van der Waals surface area contributed by atoms with Gasteiger partial charge in [-0.2, -0.15) is 0 Å². The van der Waals surface area contributed by atoms with Crippen LogP contribution >= 0.6 is 15.9 Å². The van der Waals surface area contributed by atoms with E-state index in [4.69, 9.17) is 25.4 Å². The standard InChI is InChI=1S/C18H21BrO5/c1-5-10-23-14-9-8-13(12-15(14)21-4)17(24-11-6-2)16(19)18(20)22-7-3/h2,5,8-9,12,16-17H,1,7,10-11H2,3-4H3. The molecule has 0 heterocycles. The van der Waals surface area contributed by atoms with Crippen molar-refractivity contribution in [2.75, 3.05) is 26.9 Å². The Bertz CT molecular complexity index is 594. The Morgan fingerprint density at radius 2 is 2.21 bits per heavy atom. The Morgan fingerprint density at radius 3 is 2.79 bits per heavy atom. The minimum Gasteiger partial charge on any atom is -0.493 e. The zero-order valence-electron chi connectivity index (χ0n) is 13.8. The van der Waals surface area contributed by atoms with Gasteiger partial charge in [-0.1, -0.05) is 40.6 Å². The van der Waals surface area contributed by atoms with Gasteiger partial charge in [0.05, 0.1) is 13.7 Å². The molecule has 0 spiro atoms. The van der Waals surface area contributed by atoms with Gasteiger partial charge in [0, 0.05) is 0 Å². The molecule has 130 valence electrons. The summed E-state index contributed by atoms with van der Waals surface area (Å²) in [6.45, 7) is 6.04. The van der Waals surface area contributed by atoms with Crippen LogP contribution < -0.4 is 9.47 Å². The quantitative estimate of drug-likeness (QED) is 0.263. The van der Waals surface area contributed by atoms with Gasteiger partial charge in [0.1, 0.15) is 24.1 Å². The van der Waals surface area contributed by atoms with Gasteiger partial charge >= 0.3 is 5.97 Å². The van der Waals surface area contributed by atoms with Crippen molar-refractivity contribution in [3.05, 3.63) is 36.4 Å². The number of halogens is 1. The lowest BCUT2D eigenvalue weighted by Gasteiger charge is -2.22. The first-order valence-electron chi connectivity index (χ1n) is 7.36. The molecule has 0 N–H and O–H groups in total. The molecule has 0 fully saturated rings. The summed E-state index contributed by atoms with van der Waals surface area (Å²) in [5.74, 6) is 3.06. The van der Waals surface area contributed by atoms with E-state index in [1.54, 1.807) is 31.2 Å². The third-order valence-corrected chi connectivity index (χ3v) is 3.85. The van der Waals surface area contributed by atoms with Gasteiger partial charge in [-0.3, -0.25) is 4.79 Å². The number of methoxy groups -OCH3 is 1. The third-order valence-electron chi connectivity index (χ3n) is 3.00. The Kier molecular flexibility index (Phi) is 8.98. The van der Waals surface area contributed by atoms with Crippen LogP contribution in [-0.4, -0.2) is 37.7 Å². The van der Waals surface area contributed by atoms with Crippen LogP contribution in [0, 0.1) is 12.3 Å². The molecular formula is C18H21BrO5. The van der Waals surface area contributed by atoms with Gasteiger partial charge < -0.3 is 18.9 Å². The van der Waals surface area contributed by atoms with Crippen LogP contribution in [0.2, 0.25) is 0 Å². The predicted molar refractivity (Wildman–Crippen MR) is 95.6 cm³/mol. The molecule has 6 heteroatoms. The normalized spacial score (nSPS) is 12.6. The lowest BCUT2D eigenvalue weighted by molar-refractivity contribution is -0.145. The number of carbonyl (C=O) groups excluding carboxylic acids is 1. The van der Waals surface area contributed by atoms with E-state index >= 15 is 0 Å². The van der Waals surface area contributed by atoms with Crippen molar-refractivity contribution in [3.8, 4) is 23.8 Å². The molecule has 2 atom stereocenters. The van der Waals surface area contributed by atoms with Crippen molar-refractivity contribution in [2.24, 2.45) is 0 Å². The number of terminal acetylenes is 1. The van der Waals surface area contributed by atoms with Crippen molar-refractivity contribution in [3.63, 3.8) is 0 Å². The van der Waals surface area contributed by atoms with E-state index < -0.39 is 16.9 Å². The highest BCUT2D eigenvalue weighted by Crippen LogP contribution is 2.34. The lowest BCUT2D eigenvalue weighted by atomic mass is 10.1. The molecule has 0 aliphatic heterocycles. The number of alkyl halides is 1. The second kappa shape index (κ2) is 10.7. The van der Waals surface area contributed by atoms with Gasteiger partial charge in [0.25, 0.3) is 0 Å². The molecule has 0 radical (unpaired) electrons. The van der Waals surface area contributed by atoms with E-state index in [2.05, 4.69) is 28.4 Å². The number of esters is 1. The average molecular weight is 397 g/mol. The van der Waals surface area contributed by atoms with Crippen molar-refractivity contribution >= 4 is 21.9 Å². The highest BCUT2D eigenvalue weighted by atomic mass is 79.9. The van der Waals surface area contributed by atoms with Gasteiger partial charge in [-0.25, -0.2) is 0 Å². The summed E-state index contributed by atoms with van der Waals surface area (Å²) in [5.41, 5.74) is 0.711. The SMILES string of the molecule is C#CCOC(c1ccc(OCC=C)c(OC)c1)C(Br)C(=O)OCC. The maximum absolute atomic E-state index is 12.0. The topological polar surface area (TPSA) is 54.0 Å². The summed E-state index contributed by atoms with van der Waals surface area (Å²) in [6.07, 6.45) is 6.28. The summed E-state index contributed by atoms with van der Waals surface area (Å²) in [5, 5.41) is 0. The fourth-order valence-corrected chi connectivity index (χ4v) is 2.55. The Hall–Kier alpha value is -1.97. The monoisotopic (exact) mass is 396 g/mol. The Morgan fingerprint density at radius 1 is 1.46 bits per heavy atom. The zero-order chi connectivity index (χ0) is 17.9. The van der Waals surface area contributed by atoms with Crippen molar-refractivity contribution in [1.29, 1.82) is 0 Å². The summed E-state index contributed by atoms with van der Waals surface area (Å²) in [7, 11) is 1.54. The number of hydrogen-bond donors (Lipinski definition) is 0. The first-order valence-corrected chi connectivity index (χ1v) is 8.27. The summed E-state index contributed by atoms with van der Waals surface area (Å²) in [4.78, 5) is 11.3. The van der Waals surface area contributed by atoms with E-state index in [1.165, 1.54) is 7.11 Å². The molecule has 0 aliphatic rings. The van der Waals surface area contributed by atoms with Crippen LogP contribution in [0.25, 0.3) is 0 Å². The van der Waals surface area contributed by atoms with Crippen LogP contribution in [0.1, 0.15) is 18.6 Å². The van der Waals surface area contributed by atoms with Gasteiger partial charge in [0.15, 0.2) is 11.5 Å². The smallest absolute Gasteiger partial charge is 0.322 e. The second-order valence-corrected chi connectivity index (χ2v) is 5.59. The number of ether oxygens (including phenoxy) is 4. The molecular weight excluding hydrogens is 376 g/mol. The molecule has 24 heavy (non-hydrogen) atoms. The highest BCUT2D eigenvalue weighted by Gasteiger charge is 2.30. The second-order valence-electron chi connectivity index (χ2n) is 4.60. The molecule has 1 rings (SSSR count). The van der Waals surface area contributed by atoms with E-state index in [0.29, 0.717) is 23.7 Å². The largest absolute Gasteiger partial charge is 0.493 e. The summed E-state index contributed by atoms with van der Waals surface area (Å²) < 4.78 is 21.5. The third kappa shape index (κ3) is 5.59. The molecule has 0 amide bonds. The van der Waals surface area contributed by atoms with Gasteiger partial charge in [0.2, 0.25) is 0 Å². The molecule has 0 bridgehead atoms. The molecule has 0 aliphatic carbocycles. The van der Waals surface area contributed by atoms with Crippen LogP contribution in [0.5, 0.6) is 11.5 Å². The maximum Gasteiger partial charge on any atom is 0.322 e. The number of rotatable bonds is 10. The molecule has 0 aromatic heterocycles. The molecule has 0 saturated heterocycles. The fraction of sp³-hybridized carbons (Fsp3) is 0.389. The fourth-order valence-electron chi connectivity index (χ4n) is 1.96. The van der Waals surface area contributed by atoms with E-state index in [9.17, 15) is 4.79 Å². The Labute approximate surface area is 151 Å². The highest BCUT2D eigenvalue weighted by molar-refractivity contribution is 9.10. The molecule has 5 nitrogen and oxygen atoms in total. The van der Waals surface area contributed by atoms with Crippen LogP contribution in [0.3, 0.4) is 0 Å². The number of benzene rings is 1. The van der Waals surface area contributed by atoms with Crippen LogP contribution in [-0.2, 0) is 14.3 Å². The van der Waals surface area contributed by atoms with Crippen LogP contribution in [0.4, 0.5) is 0 Å². The predicted octanol–water partition coefficient (Wildman–Crippen LogP) is 3.28. The maximum atomic E-state index is 12.0. The van der Waals surface area contributed by atoms with Crippen molar-refractivity contribution in [2.45, 2.75) is 17.9 Å². The van der Waals surface area contributed by atoms with Crippen molar-refractivity contribution < 1.29 is 23.7 Å². The molecule has 2 unspecified atom stereocenters.